The van der Waals surface area contributed by atoms with E-state index in [-0.39, 0.29) is 17.4 Å². The van der Waals surface area contributed by atoms with Gasteiger partial charge in [-0.3, -0.25) is 10.1 Å². The van der Waals surface area contributed by atoms with Crippen molar-refractivity contribution in [2.24, 2.45) is 0 Å². The molecule has 1 aromatic heterocycles. The van der Waals surface area contributed by atoms with Crippen molar-refractivity contribution in [2.45, 2.75) is 18.8 Å². The SMILES string of the molecule is Nc1cc(F)c([N+](=O)[O-])c(C2CC2)n1. The molecule has 6 heteroatoms. The first-order valence-corrected chi connectivity index (χ1v) is 4.20. The Balaban J connectivity index is 2.58. The number of nitrogens with zero attached hydrogens (tertiary/aromatic N) is 2. The first-order chi connectivity index (χ1) is 6.59. The summed E-state index contributed by atoms with van der Waals surface area (Å²) in [6, 6.07) is 0.879. The molecule has 0 unspecified atom stereocenters. The van der Waals surface area contributed by atoms with Crippen molar-refractivity contribution in [2.75, 3.05) is 5.73 Å². The van der Waals surface area contributed by atoms with Crippen LogP contribution in [-0.4, -0.2) is 9.91 Å². The topological polar surface area (TPSA) is 82.0 Å². The molecule has 1 fully saturated rings. The van der Waals surface area contributed by atoms with Crippen molar-refractivity contribution in [1.82, 2.24) is 4.98 Å². The molecular weight excluding hydrogens is 189 g/mol. The molecule has 1 aromatic rings. The molecule has 1 aliphatic rings. The van der Waals surface area contributed by atoms with Crippen molar-refractivity contribution in [3.05, 3.63) is 27.7 Å². The largest absolute Gasteiger partial charge is 0.384 e. The van der Waals surface area contributed by atoms with Crippen LogP contribution in [0.4, 0.5) is 15.9 Å². The Kier molecular flexibility index (Phi) is 1.83. The molecule has 0 amide bonds. The summed E-state index contributed by atoms with van der Waals surface area (Å²) >= 11 is 0. The highest BCUT2D eigenvalue weighted by Crippen LogP contribution is 2.44. The summed E-state index contributed by atoms with van der Waals surface area (Å²) in [7, 11) is 0. The predicted octanol–water partition coefficient (Wildman–Crippen LogP) is 1.59. The quantitative estimate of drug-likeness (QED) is 0.576. The Morgan fingerprint density at radius 2 is 2.29 bits per heavy atom. The van der Waals surface area contributed by atoms with E-state index in [1.54, 1.807) is 0 Å². The summed E-state index contributed by atoms with van der Waals surface area (Å²) in [4.78, 5) is 13.6. The summed E-state index contributed by atoms with van der Waals surface area (Å²) in [5, 5.41) is 10.6. The van der Waals surface area contributed by atoms with Gasteiger partial charge in [-0.05, 0) is 12.8 Å². The van der Waals surface area contributed by atoms with Crippen LogP contribution in [0.2, 0.25) is 0 Å². The fourth-order valence-electron chi connectivity index (χ4n) is 1.37. The van der Waals surface area contributed by atoms with Crippen LogP contribution in [0.15, 0.2) is 6.07 Å². The molecule has 0 aromatic carbocycles. The van der Waals surface area contributed by atoms with E-state index in [0.717, 1.165) is 18.9 Å². The molecule has 1 saturated carbocycles. The third-order valence-corrected chi connectivity index (χ3v) is 2.14. The summed E-state index contributed by atoms with van der Waals surface area (Å²) in [6.07, 6.45) is 1.63. The predicted molar refractivity (Wildman–Crippen MR) is 47.2 cm³/mol. The molecule has 0 saturated heterocycles. The van der Waals surface area contributed by atoms with Gasteiger partial charge in [0.05, 0.1) is 4.92 Å². The molecule has 0 spiro atoms. The number of nitro groups is 1. The zero-order valence-corrected chi connectivity index (χ0v) is 7.24. The first-order valence-electron chi connectivity index (χ1n) is 4.20. The molecule has 2 rings (SSSR count). The molecule has 0 bridgehead atoms. The molecule has 0 aliphatic heterocycles. The number of nitrogen functional groups attached to an aromatic ring is 1. The normalized spacial score (nSPS) is 15.5. The molecule has 1 heterocycles. The highest BCUT2D eigenvalue weighted by molar-refractivity contribution is 5.47. The van der Waals surface area contributed by atoms with E-state index >= 15 is 0 Å². The van der Waals surface area contributed by atoms with E-state index in [0.29, 0.717) is 0 Å². The smallest absolute Gasteiger partial charge is 0.326 e. The summed E-state index contributed by atoms with van der Waals surface area (Å²) in [5.41, 5.74) is 4.98. The molecular formula is C8H8FN3O2. The van der Waals surface area contributed by atoms with Crippen LogP contribution >= 0.6 is 0 Å². The zero-order chi connectivity index (χ0) is 10.3. The Labute approximate surface area is 78.9 Å². The molecule has 14 heavy (non-hydrogen) atoms. The number of aromatic nitrogens is 1. The second kappa shape index (κ2) is 2.90. The maximum absolute atomic E-state index is 13.2. The highest BCUT2D eigenvalue weighted by atomic mass is 19.1. The van der Waals surface area contributed by atoms with Crippen LogP contribution < -0.4 is 5.73 Å². The molecule has 5 nitrogen and oxygen atoms in total. The first kappa shape index (κ1) is 8.86. The third-order valence-electron chi connectivity index (χ3n) is 2.14. The Bertz CT molecular complexity index is 404. The summed E-state index contributed by atoms with van der Waals surface area (Å²) in [6.45, 7) is 0. The monoisotopic (exact) mass is 197 g/mol. The van der Waals surface area contributed by atoms with Gasteiger partial charge in [0.2, 0.25) is 5.82 Å². The van der Waals surface area contributed by atoms with E-state index in [1.165, 1.54) is 0 Å². The standard InChI is InChI=1S/C8H8FN3O2/c9-5-3-6(10)11-7(4-1-2-4)8(5)12(13)14/h3-4H,1-2H2,(H2,10,11). The number of nitrogens with two attached hydrogens (primary N) is 1. The maximum atomic E-state index is 13.2. The number of halogens is 1. The van der Waals surface area contributed by atoms with Gasteiger partial charge in [-0.15, -0.1) is 0 Å². The van der Waals surface area contributed by atoms with Gasteiger partial charge in [0.1, 0.15) is 11.5 Å². The van der Waals surface area contributed by atoms with Crippen LogP contribution in [0.5, 0.6) is 0 Å². The number of pyridine rings is 1. The van der Waals surface area contributed by atoms with Gasteiger partial charge in [-0.25, -0.2) is 4.98 Å². The Morgan fingerprint density at radius 3 is 2.79 bits per heavy atom. The van der Waals surface area contributed by atoms with Gasteiger partial charge < -0.3 is 5.73 Å². The highest BCUT2D eigenvalue weighted by Gasteiger charge is 2.35. The minimum atomic E-state index is -0.899. The zero-order valence-electron chi connectivity index (χ0n) is 7.24. The minimum absolute atomic E-state index is 0.00463. The van der Waals surface area contributed by atoms with Crippen LogP contribution in [0.3, 0.4) is 0 Å². The second-order valence-corrected chi connectivity index (χ2v) is 3.29. The Morgan fingerprint density at radius 1 is 1.64 bits per heavy atom. The average Bonchev–Trinajstić information content (AvgIpc) is 2.82. The van der Waals surface area contributed by atoms with Crippen LogP contribution in [-0.2, 0) is 0 Å². The van der Waals surface area contributed by atoms with Crippen molar-refractivity contribution in [1.29, 1.82) is 0 Å². The van der Waals surface area contributed by atoms with E-state index in [9.17, 15) is 14.5 Å². The van der Waals surface area contributed by atoms with Crippen molar-refractivity contribution < 1.29 is 9.31 Å². The van der Waals surface area contributed by atoms with Crippen molar-refractivity contribution in [3.63, 3.8) is 0 Å². The van der Waals surface area contributed by atoms with Crippen molar-refractivity contribution >= 4 is 11.5 Å². The molecule has 74 valence electrons. The molecule has 0 radical (unpaired) electrons. The fourth-order valence-corrected chi connectivity index (χ4v) is 1.37. The number of hydrogen-bond acceptors (Lipinski definition) is 4. The third kappa shape index (κ3) is 1.39. The molecule has 1 aliphatic carbocycles. The number of rotatable bonds is 2. The number of anilines is 1. The van der Waals surface area contributed by atoms with E-state index < -0.39 is 16.4 Å². The van der Waals surface area contributed by atoms with E-state index in [2.05, 4.69) is 4.98 Å². The lowest BCUT2D eigenvalue weighted by atomic mass is 10.2. The van der Waals surface area contributed by atoms with Gasteiger partial charge >= 0.3 is 5.69 Å². The second-order valence-electron chi connectivity index (χ2n) is 3.29. The maximum Gasteiger partial charge on any atom is 0.326 e. The van der Waals surface area contributed by atoms with Crippen LogP contribution in [0, 0.1) is 15.9 Å². The van der Waals surface area contributed by atoms with Gasteiger partial charge in [-0.1, -0.05) is 0 Å². The van der Waals surface area contributed by atoms with Gasteiger partial charge in [0, 0.05) is 12.0 Å². The van der Waals surface area contributed by atoms with Crippen molar-refractivity contribution in [3.8, 4) is 0 Å². The van der Waals surface area contributed by atoms with Gasteiger partial charge in [0.25, 0.3) is 0 Å². The average molecular weight is 197 g/mol. The van der Waals surface area contributed by atoms with Gasteiger partial charge in [0.15, 0.2) is 0 Å². The number of hydrogen-bond donors (Lipinski definition) is 1. The minimum Gasteiger partial charge on any atom is -0.384 e. The van der Waals surface area contributed by atoms with E-state index in [1.807, 2.05) is 0 Å². The van der Waals surface area contributed by atoms with Gasteiger partial charge in [-0.2, -0.15) is 4.39 Å². The molecule has 0 atom stereocenters. The molecule has 2 N–H and O–H groups in total. The lowest BCUT2D eigenvalue weighted by Gasteiger charge is -2.02. The summed E-state index contributed by atoms with van der Waals surface area (Å²) < 4.78 is 13.2. The lowest BCUT2D eigenvalue weighted by molar-refractivity contribution is -0.388. The Hall–Kier alpha value is -1.72. The van der Waals surface area contributed by atoms with Crippen LogP contribution in [0.1, 0.15) is 24.5 Å². The van der Waals surface area contributed by atoms with E-state index in [4.69, 9.17) is 5.73 Å². The summed E-state index contributed by atoms with van der Waals surface area (Å²) in [5.74, 6) is -0.896. The van der Waals surface area contributed by atoms with Crippen LogP contribution in [0.25, 0.3) is 0 Å². The lowest BCUT2D eigenvalue weighted by Crippen LogP contribution is -2.03. The fraction of sp³-hybridized carbons (Fsp3) is 0.375.